The highest BCUT2D eigenvalue weighted by Crippen LogP contribution is 2.38. The number of azo groups is 1. The lowest BCUT2D eigenvalue weighted by Crippen LogP contribution is -2.27. The maximum Gasteiger partial charge on any atom is 0.416 e. The summed E-state index contributed by atoms with van der Waals surface area (Å²) in [5.74, 6) is -0.831. The highest BCUT2D eigenvalue weighted by Gasteiger charge is 2.46. The van der Waals surface area contributed by atoms with Gasteiger partial charge in [0, 0.05) is 5.57 Å². The van der Waals surface area contributed by atoms with Crippen molar-refractivity contribution < 1.29 is 17.6 Å². The number of halogens is 4. The number of nitrogens with two attached hydrogens (primary N) is 1. The average molecular weight is 245 g/mol. The molecule has 1 heterocycles. The van der Waals surface area contributed by atoms with Crippen LogP contribution in [0.4, 0.5) is 17.6 Å². The van der Waals surface area contributed by atoms with Crippen molar-refractivity contribution in [3.05, 3.63) is 41.5 Å². The van der Waals surface area contributed by atoms with Gasteiger partial charge in [0.2, 0.25) is 0 Å². The van der Waals surface area contributed by atoms with Gasteiger partial charge in [-0.3, -0.25) is 0 Å². The van der Waals surface area contributed by atoms with Crippen LogP contribution >= 0.6 is 0 Å². The number of hydrogen-bond donors (Lipinski definition) is 1. The van der Waals surface area contributed by atoms with Crippen LogP contribution < -0.4 is 5.73 Å². The Hall–Kier alpha value is -1.92. The first kappa shape index (κ1) is 11.6. The minimum absolute atomic E-state index is 0.163. The van der Waals surface area contributed by atoms with E-state index in [1.807, 2.05) is 0 Å². The molecule has 1 atom stereocenters. The summed E-state index contributed by atoms with van der Waals surface area (Å²) < 4.78 is 50.6. The van der Waals surface area contributed by atoms with Gasteiger partial charge in [0.25, 0.3) is 0 Å². The van der Waals surface area contributed by atoms with Crippen LogP contribution in [-0.4, -0.2) is 12.2 Å². The normalized spacial score (nSPS) is 20.1. The van der Waals surface area contributed by atoms with Crippen LogP contribution in [0, 0.1) is 5.82 Å². The summed E-state index contributed by atoms with van der Waals surface area (Å²) in [5, 5.41) is 6.31. The number of alkyl halides is 3. The Kier molecular flexibility index (Phi) is 2.60. The van der Waals surface area contributed by atoms with Gasteiger partial charge in [-0.05, 0) is 17.7 Å². The fourth-order valence-electron chi connectivity index (χ4n) is 1.54. The largest absolute Gasteiger partial charge is 0.416 e. The Balaban J connectivity index is 2.43. The van der Waals surface area contributed by atoms with Gasteiger partial charge < -0.3 is 5.73 Å². The fourth-order valence-corrected chi connectivity index (χ4v) is 1.54. The van der Waals surface area contributed by atoms with Gasteiger partial charge in [0.1, 0.15) is 5.82 Å². The summed E-state index contributed by atoms with van der Waals surface area (Å²) in [5.41, 5.74) is 5.29. The number of benzene rings is 1. The van der Waals surface area contributed by atoms with Crippen LogP contribution in [0.5, 0.6) is 0 Å². The van der Waals surface area contributed by atoms with Crippen molar-refractivity contribution >= 4 is 5.57 Å². The predicted octanol–water partition coefficient (Wildman–Crippen LogP) is 2.85. The highest BCUT2D eigenvalue weighted by molar-refractivity contribution is 5.73. The monoisotopic (exact) mass is 245 g/mol. The van der Waals surface area contributed by atoms with Crippen LogP contribution in [0.15, 0.2) is 40.3 Å². The van der Waals surface area contributed by atoms with Gasteiger partial charge in [0.05, 0.1) is 0 Å². The molecule has 2 rings (SSSR count). The molecule has 1 aliphatic heterocycles. The number of hydrogen-bond acceptors (Lipinski definition) is 3. The molecule has 0 amide bonds. The van der Waals surface area contributed by atoms with Crippen molar-refractivity contribution in [3.8, 4) is 0 Å². The Morgan fingerprint density at radius 2 is 1.71 bits per heavy atom. The molecular weight excluding hydrogens is 238 g/mol. The average Bonchev–Trinajstić information content (AvgIpc) is 2.61. The zero-order chi connectivity index (χ0) is 12.6. The van der Waals surface area contributed by atoms with Crippen LogP contribution in [-0.2, 0) is 0 Å². The highest BCUT2D eigenvalue weighted by atomic mass is 19.4. The van der Waals surface area contributed by atoms with Gasteiger partial charge in [-0.25, -0.2) is 4.39 Å². The molecule has 3 nitrogen and oxygen atoms in total. The molecule has 1 aromatic carbocycles. The molecule has 0 radical (unpaired) electrons. The quantitative estimate of drug-likeness (QED) is 0.760. The molecule has 2 N–H and O–H groups in total. The van der Waals surface area contributed by atoms with Crippen molar-refractivity contribution in [2.45, 2.75) is 12.2 Å². The fraction of sp³-hybridized carbons (Fsp3) is 0.200. The topological polar surface area (TPSA) is 50.7 Å². The second-order valence-corrected chi connectivity index (χ2v) is 3.47. The van der Waals surface area contributed by atoms with Crippen LogP contribution in [0.2, 0.25) is 0 Å². The van der Waals surface area contributed by atoms with Crippen molar-refractivity contribution in [1.29, 1.82) is 0 Å². The standard InChI is InChI=1S/C10H7F4N3/c11-6-3-1-5(2-4-6)7-8(10(12,13)14)16-17-9(7)15/h1-4,8H,15H2/t8-/m1/s1. The zero-order valence-corrected chi connectivity index (χ0v) is 8.37. The molecule has 0 fully saturated rings. The molecule has 0 aliphatic carbocycles. The minimum Gasteiger partial charge on any atom is -0.382 e. The summed E-state index contributed by atoms with van der Waals surface area (Å²) in [6.07, 6.45) is -4.56. The first-order valence-electron chi connectivity index (χ1n) is 4.63. The lowest BCUT2D eigenvalue weighted by molar-refractivity contribution is -0.134. The molecule has 1 aliphatic rings. The minimum atomic E-state index is -4.56. The van der Waals surface area contributed by atoms with Gasteiger partial charge in [-0.15, -0.1) is 5.11 Å². The molecule has 0 unspecified atom stereocenters. The van der Waals surface area contributed by atoms with E-state index in [1.54, 1.807) is 0 Å². The molecule has 0 saturated heterocycles. The summed E-state index contributed by atoms with van der Waals surface area (Å²) in [4.78, 5) is 0. The molecule has 17 heavy (non-hydrogen) atoms. The second-order valence-electron chi connectivity index (χ2n) is 3.47. The van der Waals surface area contributed by atoms with Gasteiger partial charge in [-0.1, -0.05) is 12.1 Å². The van der Waals surface area contributed by atoms with Crippen LogP contribution in [0.25, 0.3) is 5.57 Å². The number of rotatable bonds is 1. The van der Waals surface area contributed by atoms with Crippen LogP contribution in [0.3, 0.4) is 0 Å². The van der Waals surface area contributed by atoms with Gasteiger partial charge >= 0.3 is 6.18 Å². The lowest BCUT2D eigenvalue weighted by atomic mass is 9.99. The smallest absolute Gasteiger partial charge is 0.382 e. The van der Waals surface area contributed by atoms with E-state index in [1.165, 1.54) is 12.1 Å². The molecule has 7 heteroatoms. The van der Waals surface area contributed by atoms with Crippen molar-refractivity contribution in [2.24, 2.45) is 16.0 Å². The predicted molar refractivity (Wildman–Crippen MR) is 52.2 cm³/mol. The first-order valence-corrected chi connectivity index (χ1v) is 4.63. The van der Waals surface area contributed by atoms with E-state index in [-0.39, 0.29) is 17.0 Å². The molecule has 0 bridgehead atoms. The Labute approximate surface area is 93.6 Å². The first-order chi connectivity index (χ1) is 7.89. The summed E-state index contributed by atoms with van der Waals surface area (Å²) in [6, 6.07) is 2.47. The van der Waals surface area contributed by atoms with E-state index in [0.29, 0.717) is 0 Å². The molecule has 1 aromatic rings. The van der Waals surface area contributed by atoms with Crippen molar-refractivity contribution in [3.63, 3.8) is 0 Å². The Bertz CT molecular complexity index is 487. The van der Waals surface area contributed by atoms with Crippen molar-refractivity contribution in [1.82, 2.24) is 0 Å². The molecule has 0 saturated carbocycles. The van der Waals surface area contributed by atoms with Gasteiger partial charge in [0.15, 0.2) is 11.9 Å². The van der Waals surface area contributed by atoms with E-state index in [2.05, 4.69) is 10.2 Å². The van der Waals surface area contributed by atoms with E-state index in [0.717, 1.165) is 12.1 Å². The Morgan fingerprint density at radius 3 is 2.24 bits per heavy atom. The maximum atomic E-state index is 12.7. The molecular formula is C10H7F4N3. The molecule has 0 spiro atoms. The Morgan fingerprint density at radius 1 is 1.12 bits per heavy atom. The third kappa shape index (κ3) is 2.13. The summed E-state index contributed by atoms with van der Waals surface area (Å²) in [6.45, 7) is 0. The van der Waals surface area contributed by atoms with E-state index in [4.69, 9.17) is 5.73 Å². The zero-order valence-electron chi connectivity index (χ0n) is 8.37. The summed E-state index contributed by atoms with van der Waals surface area (Å²) in [7, 11) is 0. The van der Waals surface area contributed by atoms with E-state index >= 15 is 0 Å². The van der Waals surface area contributed by atoms with E-state index in [9.17, 15) is 17.6 Å². The number of nitrogens with zero attached hydrogens (tertiary/aromatic N) is 2. The van der Waals surface area contributed by atoms with Crippen LogP contribution in [0.1, 0.15) is 5.56 Å². The summed E-state index contributed by atoms with van der Waals surface area (Å²) >= 11 is 0. The van der Waals surface area contributed by atoms with Crippen molar-refractivity contribution in [2.75, 3.05) is 0 Å². The SMILES string of the molecule is NC1=C(c2ccc(F)cc2)[C@H](C(F)(F)F)N=N1. The molecule has 90 valence electrons. The second kappa shape index (κ2) is 3.83. The third-order valence-corrected chi connectivity index (χ3v) is 2.30. The van der Waals surface area contributed by atoms with Gasteiger partial charge in [-0.2, -0.15) is 18.3 Å². The van der Waals surface area contributed by atoms with E-state index < -0.39 is 18.0 Å². The maximum absolute atomic E-state index is 12.7. The molecule has 0 aromatic heterocycles. The third-order valence-electron chi connectivity index (χ3n) is 2.30. The lowest BCUT2D eigenvalue weighted by Gasteiger charge is -2.15.